The zero-order chi connectivity index (χ0) is 24.8. The van der Waals surface area contributed by atoms with Crippen molar-refractivity contribution in [2.75, 3.05) is 13.2 Å². The molecule has 0 atom stereocenters. The predicted molar refractivity (Wildman–Crippen MR) is 134 cm³/mol. The van der Waals surface area contributed by atoms with Crippen LogP contribution in [-0.2, 0) is 6.42 Å². The molecule has 4 aromatic rings. The molecule has 1 aliphatic rings. The summed E-state index contributed by atoms with van der Waals surface area (Å²) in [6.07, 6.45) is 6.84. The zero-order valence-electron chi connectivity index (χ0n) is 20.0. The van der Waals surface area contributed by atoms with Crippen LogP contribution in [0.15, 0.2) is 53.6 Å². The summed E-state index contributed by atoms with van der Waals surface area (Å²) in [6, 6.07) is 11.2. The number of aryl methyl sites for hydroxylation is 1. The number of amides is 1. The Bertz CT molecular complexity index is 1360. The van der Waals surface area contributed by atoms with Crippen molar-refractivity contribution in [1.82, 2.24) is 25.1 Å². The van der Waals surface area contributed by atoms with Crippen molar-refractivity contribution in [3.63, 3.8) is 0 Å². The number of aromatic amines is 1. The zero-order valence-corrected chi connectivity index (χ0v) is 20.0. The highest BCUT2D eigenvalue weighted by atomic mass is 16.5. The van der Waals surface area contributed by atoms with Crippen LogP contribution in [-0.4, -0.2) is 50.1 Å². The Hall–Kier alpha value is -3.72. The minimum absolute atomic E-state index is 0.0643. The molecule has 5 rings (SSSR count). The van der Waals surface area contributed by atoms with E-state index in [1.54, 1.807) is 29.0 Å². The van der Waals surface area contributed by atoms with Crippen molar-refractivity contribution in [1.29, 1.82) is 0 Å². The monoisotopic (exact) mass is 477 g/mol. The number of carbonyl (C=O) groups excluding carboxylic acids is 1. The molecule has 1 saturated carbocycles. The van der Waals surface area contributed by atoms with Gasteiger partial charge in [-0.3, -0.25) is 9.59 Å². The first-order valence-corrected chi connectivity index (χ1v) is 12.1. The lowest BCUT2D eigenvalue weighted by Crippen LogP contribution is -2.44. The Morgan fingerprint density at radius 2 is 1.97 bits per heavy atom. The molecule has 1 aliphatic carbocycles. The molecule has 1 amide bonds. The Morgan fingerprint density at radius 1 is 1.20 bits per heavy atom. The second-order valence-electron chi connectivity index (χ2n) is 8.42. The number of hydrogen-bond donors (Lipinski definition) is 3. The van der Waals surface area contributed by atoms with Crippen LogP contribution in [0.4, 0.5) is 0 Å². The molecule has 1 aromatic carbocycles. The summed E-state index contributed by atoms with van der Waals surface area (Å²) in [5.74, 6) is 0.960. The molecule has 9 nitrogen and oxygen atoms in total. The highest BCUT2D eigenvalue weighted by molar-refractivity contribution is 6.00. The van der Waals surface area contributed by atoms with E-state index >= 15 is 0 Å². The van der Waals surface area contributed by atoms with Gasteiger partial charge in [-0.1, -0.05) is 32.0 Å². The highest BCUT2D eigenvalue weighted by Gasteiger charge is 2.31. The number of aromatic nitrogens is 4. The van der Waals surface area contributed by atoms with Crippen LogP contribution in [0, 0.1) is 5.92 Å². The number of pyridine rings is 1. The standard InChI is InChI=1S/C24H25N5O4.C2H6/c30-9-10-33-17-6-8-22-20(13-25-29(22)14-17)23(31)26-16-11-15(12-16)5-7-21-18-3-1-2-4-19(18)24(32)28-27-21;1-2/h1-4,6,8,13-16,30H,5,7,9-12H2,(H,26,31)(H,28,32);1-2H3. The number of benzene rings is 1. The third-order valence-electron chi connectivity index (χ3n) is 6.23. The van der Waals surface area contributed by atoms with Crippen LogP contribution in [0.5, 0.6) is 5.75 Å². The average molecular weight is 478 g/mol. The van der Waals surface area contributed by atoms with Crippen LogP contribution in [0.3, 0.4) is 0 Å². The lowest BCUT2D eigenvalue weighted by atomic mass is 9.77. The molecular weight excluding hydrogens is 446 g/mol. The smallest absolute Gasteiger partial charge is 0.272 e. The van der Waals surface area contributed by atoms with Crippen LogP contribution in [0.25, 0.3) is 16.3 Å². The van der Waals surface area contributed by atoms with E-state index in [2.05, 4.69) is 20.6 Å². The summed E-state index contributed by atoms with van der Waals surface area (Å²) >= 11 is 0. The fourth-order valence-electron chi connectivity index (χ4n) is 4.44. The first-order valence-electron chi connectivity index (χ1n) is 12.1. The Labute approximate surface area is 203 Å². The maximum atomic E-state index is 12.8. The van der Waals surface area contributed by atoms with E-state index in [0.717, 1.165) is 36.8 Å². The van der Waals surface area contributed by atoms with Gasteiger partial charge in [-0.05, 0) is 49.8 Å². The number of aliphatic hydroxyl groups is 1. The van der Waals surface area contributed by atoms with Gasteiger partial charge in [-0.15, -0.1) is 0 Å². The van der Waals surface area contributed by atoms with E-state index in [4.69, 9.17) is 9.84 Å². The van der Waals surface area contributed by atoms with Gasteiger partial charge in [-0.25, -0.2) is 9.61 Å². The van der Waals surface area contributed by atoms with Gasteiger partial charge in [0.05, 0.1) is 41.2 Å². The summed E-state index contributed by atoms with van der Waals surface area (Å²) in [7, 11) is 0. The minimum atomic E-state index is -0.164. The molecule has 9 heteroatoms. The molecule has 0 radical (unpaired) electrons. The van der Waals surface area contributed by atoms with Crippen LogP contribution < -0.4 is 15.6 Å². The van der Waals surface area contributed by atoms with Gasteiger partial charge in [0, 0.05) is 11.4 Å². The summed E-state index contributed by atoms with van der Waals surface area (Å²) in [4.78, 5) is 24.7. The minimum Gasteiger partial charge on any atom is -0.490 e. The number of ether oxygens (including phenoxy) is 1. The highest BCUT2D eigenvalue weighted by Crippen LogP contribution is 2.32. The van der Waals surface area contributed by atoms with Gasteiger partial charge in [-0.2, -0.15) is 10.2 Å². The summed E-state index contributed by atoms with van der Waals surface area (Å²) in [5.41, 5.74) is 1.97. The number of fused-ring (bicyclic) bond motifs is 2. The number of nitrogens with zero attached hydrogens (tertiary/aromatic N) is 3. The van der Waals surface area contributed by atoms with Crippen LogP contribution in [0.1, 0.15) is 49.2 Å². The molecule has 0 aliphatic heterocycles. The Kier molecular flexibility index (Phi) is 7.77. The lowest BCUT2D eigenvalue weighted by molar-refractivity contribution is 0.0887. The van der Waals surface area contributed by atoms with Crippen LogP contribution in [0.2, 0.25) is 0 Å². The van der Waals surface area contributed by atoms with E-state index < -0.39 is 0 Å². The number of aliphatic hydroxyl groups excluding tert-OH is 1. The number of rotatable bonds is 8. The van der Waals surface area contributed by atoms with Gasteiger partial charge in [0.25, 0.3) is 11.5 Å². The quantitative estimate of drug-likeness (QED) is 0.359. The molecule has 3 aromatic heterocycles. The van der Waals surface area contributed by atoms with Crippen molar-refractivity contribution in [3.05, 3.63) is 70.4 Å². The first kappa shape index (κ1) is 24.4. The molecule has 184 valence electrons. The van der Waals surface area contributed by atoms with Gasteiger partial charge in [0.2, 0.25) is 0 Å². The topological polar surface area (TPSA) is 122 Å². The fourth-order valence-corrected chi connectivity index (χ4v) is 4.44. The Morgan fingerprint density at radius 3 is 2.74 bits per heavy atom. The maximum absolute atomic E-state index is 12.8. The summed E-state index contributed by atoms with van der Waals surface area (Å²) in [6.45, 7) is 4.14. The molecular formula is C26H31N5O4. The molecule has 1 fully saturated rings. The summed E-state index contributed by atoms with van der Waals surface area (Å²) < 4.78 is 6.99. The third kappa shape index (κ3) is 5.35. The van der Waals surface area contributed by atoms with E-state index in [0.29, 0.717) is 28.1 Å². The SMILES string of the molecule is CC.O=C(NC1CC(CCc2n[nH]c(=O)c3ccccc23)C1)c1cnn2cc(OCCO)ccc12. The molecule has 0 unspecified atom stereocenters. The van der Waals surface area contributed by atoms with E-state index in [9.17, 15) is 9.59 Å². The van der Waals surface area contributed by atoms with E-state index in [1.165, 1.54) is 0 Å². The van der Waals surface area contributed by atoms with Gasteiger partial charge in [0.1, 0.15) is 12.4 Å². The number of hydrogen-bond acceptors (Lipinski definition) is 6. The predicted octanol–water partition coefficient (Wildman–Crippen LogP) is 3.11. The number of nitrogens with one attached hydrogen (secondary N) is 2. The largest absolute Gasteiger partial charge is 0.490 e. The van der Waals surface area contributed by atoms with Crippen LogP contribution >= 0.6 is 0 Å². The molecule has 3 heterocycles. The molecule has 0 bridgehead atoms. The van der Waals surface area contributed by atoms with Crippen molar-refractivity contribution in [2.24, 2.45) is 5.92 Å². The van der Waals surface area contributed by atoms with Crippen molar-refractivity contribution in [2.45, 2.75) is 45.6 Å². The van der Waals surface area contributed by atoms with Crippen molar-refractivity contribution in [3.8, 4) is 5.75 Å². The van der Waals surface area contributed by atoms with Gasteiger partial charge >= 0.3 is 0 Å². The third-order valence-corrected chi connectivity index (χ3v) is 6.23. The normalized spacial score (nSPS) is 16.9. The molecule has 3 N–H and O–H groups in total. The molecule has 0 saturated heterocycles. The fraction of sp³-hybridized carbons (Fsp3) is 0.385. The van der Waals surface area contributed by atoms with E-state index in [1.807, 2.05) is 38.1 Å². The second-order valence-corrected chi connectivity index (χ2v) is 8.42. The average Bonchev–Trinajstić information content (AvgIpc) is 3.30. The first-order chi connectivity index (χ1) is 17.1. The van der Waals surface area contributed by atoms with Gasteiger partial charge < -0.3 is 15.2 Å². The summed E-state index contributed by atoms with van der Waals surface area (Å²) in [5, 5.41) is 24.6. The van der Waals surface area contributed by atoms with Crippen molar-refractivity contribution < 1.29 is 14.6 Å². The Balaban J connectivity index is 0.00000141. The number of H-pyrrole nitrogens is 1. The number of carbonyl (C=O) groups is 1. The van der Waals surface area contributed by atoms with Gasteiger partial charge in [0.15, 0.2) is 0 Å². The molecule has 0 spiro atoms. The van der Waals surface area contributed by atoms with E-state index in [-0.39, 0.29) is 30.7 Å². The van der Waals surface area contributed by atoms with Crippen molar-refractivity contribution >= 4 is 22.2 Å². The second kappa shape index (κ2) is 11.1. The molecule has 35 heavy (non-hydrogen) atoms. The lowest BCUT2D eigenvalue weighted by Gasteiger charge is -2.35. The maximum Gasteiger partial charge on any atom is 0.272 e.